The van der Waals surface area contributed by atoms with Crippen LogP contribution in [0.1, 0.15) is 31.4 Å². The second kappa shape index (κ2) is 6.12. The minimum absolute atomic E-state index is 0.274. The Morgan fingerprint density at radius 1 is 1.40 bits per heavy atom. The lowest BCUT2D eigenvalue weighted by atomic mass is 10.1. The van der Waals surface area contributed by atoms with Crippen molar-refractivity contribution in [3.8, 4) is 5.75 Å². The Bertz CT molecular complexity index is 435. The molecule has 110 valence electrons. The first-order valence-corrected chi connectivity index (χ1v) is 7.60. The zero-order valence-corrected chi connectivity index (χ0v) is 12.1. The summed E-state index contributed by atoms with van der Waals surface area (Å²) in [5, 5.41) is 12.8. The fraction of sp³-hybridized carbons (Fsp3) is 0.625. The number of phenolic OH excluding ortho intramolecular Hbond substituents is 1. The topological polar surface area (TPSA) is 44.7 Å². The van der Waals surface area contributed by atoms with Crippen molar-refractivity contribution in [2.24, 2.45) is 0 Å². The Labute approximate surface area is 120 Å². The maximum atomic E-state index is 9.31. The van der Waals surface area contributed by atoms with E-state index in [-0.39, 0.29) is 6.04 Å². The molecule has 0 saturated carbocycles. The molecule has 1 aromatic carbocycles. The number of aromatic hydroxyl groups is 1. The number of rotatable bonds is 4. The number of phenols is 1. The number of fused-ring (bicyclic) bond motifs is 1. The molecule has 2 saturated heterocycles. The van der Waals surface area contributed by atoms with Gasteiger partial charge >= 0.3 is 0 Å². The Hall–Kier alpha value is -1.10. The molecule has 0 bridgehead atoms. The lowest BCUT2D eigenvalue weighted by Gasteiger charge is -2.35. The van der Waals surface area contributed by atoms with Crippen LogP contribution < -0.4 is 5.32 Å². The molecule has 0 amide bonds. The van der Waals surface area contributed by atoms with Crippen molar-refractivity contribution in [2.75, 3.05) is 26.2 Å². The fourth-order valence-electron chi connectivity index (χ4n) is 3.20. The fourth-order valence-corrected chi connectivity index (χ4v) is 3.20. The van der Waals surface area contributed by atoms with E-state index in [4.69, 9.17) is 4.74 Å². The summed E-state index contributed by atoms with van der Waals surface area (Å²) in [7, 11) is 0. The largest absolute Gasteiger partial charge is 0.508 e. The van der Waals surface area contributed by atoms with Gasteiger partial charge in [-0.05, 0) is 44.0 Å². The summed E-state index contributed by atoms with van der Waals surface area (Å²) in [5.74, 6) is 0.316. The van der Waals surface area contributed by atoms with Crippen molar-refractivity contribution in [3.63, 3.8) is 0 Å². The van der Waals surface area contributed by atoms with E-state index >= 15 is 0 Å². The number of ether oxygens (including phenoxy) is 1. The lowest BCUT2D eigenvalue weighted by Crippen LogP contribution is -2.49. The molecule has 2 fully saturated rings. The molecular formula is C16H24N2O2. The predicted octanol–water partition coefficient (Wildman–Crippen LogP) is 1.91. The lowest BCUT2D eigenvalue weighted by molar-refractivity contribution is -0.0477. The Balaban J connectivity index is 1.48. The standard InChI is InChI=1S/C16H24N2O2/c1-12(13-4-6-15(19)7-5-13)17-9-16-10-18-8-2-3-14(18)11-20-16/h4-7,12,14,16-17,19H,2-3,8-11H2,1H3. The molecule has 20 heavy (non-hydrogen) atoms. The first-order valence-electron chi connectivity index (χ1n) is 7.60. The van der Waals surface area contributed by atoms with E-state index in [1.165, 1.54) is 24.9 Å². The normalized spacial score (nSPS) is 28.2. The number of nitrogens with zero attached hydrogens (tertiary/aromatic N) is 1. The number of morpholine rings is 1. The van der Waals surface area contributed by atoms with Crippen LogP contribution in [-0.2, 0) is 4.74 Å². The van der Waals surface area contributed by atoms with Crippen LogP contribution in [0.2, 0.25) is 0 Å². The minimum Gasteiger partial charge on any atom is -0.508 e. The van der Waals surface area contributed by atoms with Gasteiger partial charge in [0.2, 0.25) is 0 Å². The third-order valence-electron chi connectivity index (χ3n) is 4.51. The van der Waals surface area contributed by atoms with Gasteiger partial charge in [0.15, 0.2) is 0 Å². The van der Waals surface area contributed by atoms with Gasteiger partial charge < -0.3 is 15.2 Å². The van der Waals surface area contributed by atoms with E-state index < -0.39 is 0 Å². The molecule has 2 aliphatic rings. The van der Waals surface area contributed by atoms with E-state index in [1.807, 2.05) is 12.1 Å². The van der Waals surface area contributed by atoms with Crippen molar-refractivity contribution in [3.05, 3.63) is 29.8 Å². The van der Waals surface area contributed by atoms with Gasteiger partial charge in [0.1, 0.15) is 5.75 Å². The third kappa shape index (κ3) is 3.14. The smallest absolute Gasteiger partial charge is 0.115 e. The molecule has 2 N–H and O–H groups in total. The van der Waals surface area contributed by atoms with Gasteiger partial charge in [-0.25, -0.2) is 0 Å². The zero-order valence-electron chi connectivity index (χ0n) is 12.1. The maximum Gasteiger partial charge on any atom is 0.115 e. The Kier molecular flexibility index (Phi) is 4.24. The van der Waals surface area contributed by atoms with Crippen LogP contribution in [-0.4, -0.2) is 48.4 Å². The van der Waals surface area contributed by atoms with Gasteiger partial charge in [0, 0.05) is 25.2 Å². The number of hydrogen-bond acceptors (Lipinski definition) is 4. The molecule has 0 radical (unpaired) electrons. The highest BCUT2D eigenvalue weighted by molar-refractivity contribution is 5.27. The van der Waals surface area contributed by atoms with Crippen molar-refractivity contribution >= 4 is 0 Å². The predicted molar refractivity (Wildman–Crippen MR) is 78.9 cm³/mol. The van der Waals surface area contributed by atoms with Gasteiger partial charge in [-0.15, -0.1) is 0 Å². The van der Waals surface area contributed by atoms with Crippen LogP contribution in [0, 0.1) is 0 Å². The number of nitrogens with one attached hydrogen (secondary N) is 1. The molecule has 1 aromatic rings. The van der Waals surface area contributed by atoms with Crippen LogP contribution in [0.4, 0.5) is 0 Å². The Morgan fingerprint density at radius 3 is 3.00 bits per heavy atom. The summed E-state index contributed by atoms with van der Waals surface area (Å²) in [5.41, 5.74) is 1.19. The van der Waals surface area contributed by atoms with Crippen molar-refractivity contribution in [1.82, 2.24) is 10.2 Å². The summed E-state index contributed by atoms with van der Waals surface area (Å²) in [4.78, 5) is 2.57. The van der Waals surface area contributed by atoms with Gasteiger partial charge in [0.05, 0.1) is 12.7 Å². The van der Waals surface area contributed by atoms with Gasteiger partial charge in [-0.1, -0.05) is 12.1 Å². The molecule has 2 heterocycles. The molecule has 3 unspecified atom stereocenters. The second-order valence-corrected chi connectivity index (χ2v) is 5.97. The molecule has 3 atom stereocenters. The number of hydrogen-bond donors (Lipinski definition) is 2. The highest BCUT2D eigenvalue weighted by Crippen LogP contribution is 2.23. The highest BCUT2D eigenvalue weighted by atomic mass is 16.5. The van der Waals surface area contributed by atoms with E-state index in [1.54, 1.807) is 12.1 Å². The molecular weight excluding hydrogens is 252 g/mol. The van der Waals surface area contributed by atoms with Crippen molar-refractivity contribution < 1.29 is 9.84 Å². The summed E-state index contributed by atoms with van der Waals surface area (Å²) in [6.45, 7) is 6.21. The summed E-state index contributed by atoms with van der Waals surface area (Å²) < 4.78 is 5.95. The quantitative estimate of drug-likeness (QED) is 0.882. The molecule has 0 aromatic heterocycles. The van der Waals surface area contributed by atoms with Crippen molar-refractivity contribution in [2.45, 2.75) is 38.0 Å². The van der Waals surface area contributed by atoms with Gasteiger partial charge in [0.25, 0.3) is 0 Å². The number of benzene rings is 1. The molecule has 4 heteroatoms. The van der Waals surface area contributed by atoms with E-state index in [0.29, 0.717) is 17.9 Å². The zero-order chi connectivity index (χ0) is 13.9. The first kappa shape index (κ1) is 13.9. The monoisotopic (exact) mass is 276 g/mol. The highest BCUT2D eigenvalue weighted by Gasteiger charge is 2.32. The third-order valence-corrected chi connectivity index (χ3v) is 4.51. The van der Waals surface area contributed by atoms with Gasteiger partial charge in [-0.3, -0.25) is 4.90 Å². The average molecular weight is 276 g/mol. The molecule has 0 aliphatic carbocycles. The SMILES string of the molecule is CC(NCC1CN2CCCC2CO1)c1ccc(O)cc1. The molecule has 4 nitrogen and oxygen atoms in total. The Morgan fingerprint density at radius 2 is 2.20 bits per heavy atom. The summed E-state index contributed by atoms with van der Waals surface area (Å²) in [6, 6.07) is 8.34. The first-order chi connectivity index (χ1) is 9.72. The summed E-state index contributed by atoms with van der Waals surface area (Å²) >= 11 is 0. The van der Waals surface area contributed by atoms with E-state index in [0.717, 1.165) is 19.7 Å². The molecule has 2 aliphatic heterocycles. The van der Waals surface area contributed by atoms with Crippen LogP contribution in [0.25, 0.3) is 0 Å². The van der Waals surface area contributed by atoms with E-state index in [2.05, 4.69) is 17.1 Å². The minimum atomic E-state index is 0.274. The molecule has 0 spiro atoms. The van der Waals surface area contributed by atoms with Crippen LogP contribution in [0.3, 0.4) is 0 Å². The average Bonchev–Trinajstić information content (AvgIpc) is 2.93. The van der Waals surface area contributed by atoms with E-state index in [9.17, 15) is 5.11 Å². The van der Waals surface area contributed by atoms with Crippen LogP contribution in [0.15, 0.2) is 24.3 Å². The second-order valence-electron chi connectivity index (χ2n) is 5.97. The van der Waals surface area contributed by atoms with Crippen LogP contribution in [0.5, 0.6) is 5.75 Å². The van der Waals surface area contributed by atoms with Gasteiger partial charge in [-0.2, -0.15) is 0 Å². The summed E-state index contributed by atoms with van der Waals surface area (Å²) in [6.07, 6.45) is 2.91. The molecule has 3 rings (SSSR count). The van der Waals surface area contributed by atoms with Crippen LogP contribution >= 0.6 is 0 Å². The maximum absolute atomic E-state index is 9.31. The van der Waals surface area contributed by atoms with Crippen molar-refractivity contribution in [1.29, 1.82) is 0 Å².